The minimum atomic E-state index is -0.000403. The number of rotatable bonds is 6. The summed E-state index contributed by atoms with van der Waals surface area (Å²) in [6, 6.07) is 3.71. The van der Waals surface area contributed by atoms with Crippen LogP contribution >= 0.6 is 0 Å². The second-order valence-corrected chi connectivity index (χ2v) is 5.08. The van der Waals surface area contributed by atoms with Crippen LogP contribution in [-0.2, 0) is 11.3 Å². The first-order chi connectivity index (χ1) is 10.1. The predicted octanol–water partition coefficient (Wildman–Crippen LogP) is 0.998. The molecule has 3 N–H and O–H groups in total. The lowest BCUT2D eigenvalue weighted by Crippen LogP contribution is -2.35. The van der Waals surface area contributed by atoms with Crippen molar-refractivity contribution in [3.8, 4) is 11.5 Å². The summed E-state index contributed by atoms with van der Waals surface area (Å²) in [5.41, 5.74) is 7.71. The molecule has 0 aliphatic carbocycles. The van der Waals surface area contributed by atoms with Gasteiger partial charge in [-0.25, -0.2) is 0 Å². The van der Waals surface area contributed by atoms with E-state index in [0.717, 1.165) is 24.3 Å². The molecule has 0 atom stereocenters. The molecule has 1 aliphatic heterocycles. The average molecular weight is 293 g/mol. The van der Waals surface area contributed by atoms with E-state index < -0.39 is 0 Å². The first kappa shape index (κ1) is 15.4. The van der Waals surface area contributed by atoms with E-state index in [1.165, 1.54) is 0 Å². The van der Waals surface area contributed by atoms with Crippen molar-refractivity contribution in [3.05, 3.63) is 17.7 Å². The molecule has 1 aliphatic rings. The summed E-state index contributed by atoms with van der Waals surface area (Å²) in [6.45, 7) is 4.99. The van der Waals surface area contributed by atoms with Crippen LogP contribution in [-0.4, -0.2) is 44.2 Å². The highest BCUT2D eigenvalue weighted by atomic mass is 16.6. The fourth-order valence-corrected chi connectivity index (χ4v) is 2.34. The zero-order chi connectivity index (χ0) is 15.2. The first-order valence-electron chi connectivity index (χ1n) is 7.25. The van der Waals surface area contributed by atoms with Crippen LogP contribution in [0.4, 0.5) is 5.69 Å². The van der Waals surface area contributed by atoms with E-state index in [4.69, 9.17) is 15.2 Å². The van der Waals surface area contributed by atoms with E-state index in [1.807, 2.05) is 6.07 Å². The third-order valence-electron chi connectivity index (χ3n) is 3.38. The molecule has 21 heavy (non-hydrogen) atoms. The molecule has 1 aromatic carbocycles. The molecule has 1 heterocycles. The Balaban J connectivity index is 2.13. The van der Waals surface area contributed by atoms with Gasteiger partial charge >= 0.3 is 0 Å². The Morgan fingerprint density at radius 2 is 2.00 bits per heavy atom. The Morgan fingerprint density at radius 3 is 2.62 bits per heavy atom. The monoisotopic (exact) mass is 293 g/mol. The maximum atomic E-state index is 11.6. The molecule has 0 saturated carbocycles. The van der Waals surface area contributed by atoms with Crippen molar-refractivity contribution in [3.63, 3.8) is 0 Å². The molecule has 2 rings (SSSR count). The number of nitrogens with one attached hydrogen (secondary N) is 1. The number of carbonyl (C=O) groups is 1. The molecule has 116 valence electrons. The lowest BCUT2D eigenvalue weighted by atomic mass is 10.1. The predicted molar refractivity (Wildman–Crippen MR) is 81.5 cm³/mol. The van der Waals surface area contributed by atoms with Crippen LogP contribution in [0.3, 0.4) is 0 Å². The largest absolute Gasteiger partial charge is 0.486 e. The van der Waals surface area contributed by atoms with Crippen LogP contribution in [0, 0.1) is 0 Å². The average Bonchev–Trinajstić information content (AvgIpc) is 2.48. The van der Waals surface area contributed by atoms with Crippen molar-refractivity contribution >= 4 is 11.6 Å². The highest BCUT2D eigenvalue weighted by Crippen LogP contribution is 2.34. The van der Waals surface area contributed by atoms with Gasteiger partial charge in [0.25, 0.3) is 0 Å². The third-order valence-corrected chi connectivity index (χ3v) is 3.38. The molecule has 0 radical (unpaired) electrons. The van der Waals surface area contributed by atoms with E-state index in [-0.39, 0.29) is 5.91 Å². The van der Waals surface area contributed by atoms with Crippen LogP contribution in [0.1, 0.15) is 18.9 Å². The Bertz CT molecular complexity index is 505. The highest BCUT2D eigenvalue weighted by Gasteiger charge is 2.17. The second-order valence-electron chi connectivity index (χ2n) is 5.08. The maximum Gasteiger partial charge on any atom is 0.233 e. The molecule has 0 unspecified atom stereocenters. The molecular formula is C15H23N3O3. The summed E-state index contributed by atoms with van der Waals surface area (Å²) < 4.78 is 11.1. The fraction of sp³-hybridized carbons (Fsp3) is 0.533. The van der Waals surface area contributed by atoms with Gasteiger partial charge in [0, 0.05) is 25.3 Å². The summed E-state index contributed by atoms with van der Waals surface area (Å²) in [5.74, 6) is 1.41. The minimum absolute atomic E-state index is 0.000403. The molecule has 6 heteroatoms. The van der Waals surface area contributed by atoms with Crippen LogP contribution < -0.4 is 20.5 Å². The topological polar surface area (TPSA) is 76.8 Å². The molecular weight excluding hydrogens is 270 g/mol. The van der Waals surface area contributed by atoms with Crippen molar-refractivity contribution in [2.75, 3.05) is 39.1 Å². The Kier molecular flexibility index (Phi) is 5.27. The van der Waals surface area contributed by atoms with Gasteiger partial charge in [-0.2, -0.15) is 0 Å². The Labute approximate surface area is 125 Å². The number of amides is 1. The fourth-order valence-electron chi connectivity index (χ4n) is 2.34. The molecule has 1 aromatic rings. The van der Waals surface area contributed by atoms with Crippen molar-refractivity contribution < 1.29 is 14.3 Å². The minimum Gasteiger partial charge on any atom is -0.486 e. The number of fused-ring (bicyclic) bond motifs is 1. The summed E-state index contributed by atoms with van der Waals surface area (Å²) >= 11 is 0. The number of anilines is 1. The number of benzene rings is 1. The zero-order valence-electron chi connectivity index (χ0n) is 12.6. The number of nitrogen functional groups attached to an aromatic ring is 1. The zero-order valence-corrected chi connectivity index (χ0v) is 12.6. The normalized spacial score (nSPS) is 13.3. The third kappa shape index (κ3) is 4.01. The van der Waals surface area contributed by atoms with Gasteiger partial charge in [0.15, 0.2) is 11.5 Å². The molecule has 0 bridgehead atoms. The van der Waals surface area contributed by atoms with Crippen molar-refractivity contribution in [2.24, 2.45) is 0 Å². The van der Waals surface area contributed by atoms with Crippen LogP contribution in [0.25, 0.3) is 0 Å². The summed E-state index contributed by atoms with van der Waals surface area (Å²) in [6.07, 6.45) is 0.974. The van der Waals surface area contributed by atoms with Gasteiger partial charge in [-0.1, -0.05) is 6.92 Å². The van der Waals surface area contributed by atoms with Crippen LogP contribution in [0.15, 0.2) is 12.1 Å². The molecule has 0 spiro atoms. The molecule has 0 saturated heterocycles. The molecule has 0 aromatic heterocycles. The maximum absolute atomic E-state index is 11.6. The van der Waals surface area contributed by atoms with E-state index in [9.17, 15) is 4.79 Å². The van der Waals surface area contributed by atoms with Crippen LogP contribution in [0.2, 0.25) is 0 Å². The number of nitrogens with zero attached hydrogens (tertiary/aromatic N) is 1. The number of carbonyl (C=O) groups excluding carboxylic acids is 1. The molecule has 1 amide bonds. The van der Waals surface area contributed by atoms with Gasteiger partial charge in [-0.15, -0.1) is 0 Å². The Hall–Kier alpha value is -1.95. The van der Waals surface area contributed by atoms with E-state index in [2.05, 4.69) is 17.1 Å². The summed E-state index contributed by atoms with van der Waals surface area (Å²) in [5, 5.41) is 2.65. The van der Waals surface area contributed by atoms with Gasteiger partial charge in [-0.05, 0) is 24.6 Å². The Morgan fingerprint density at radius 1 is 1.33 bits per heavy atom. The van der Waals surface area contributed by atoms with E-state index >= 15 is 0 Å². The number of ether oxygens (including phenoxy) is 2. The van der Waals surface area contributed by atoms with E-state index in [0.29, 0.717) is 37.7 Å². The number of hydrogen-bond acceptors (Lipinski definition) is 5. The van der Waals surface area contributed by atoms with Crippen molar-refractivity contribution in [1.82, 2.24) is 10.2 Å². The number of hydrogen-bond donors (Lipinski definition) is 2. The van der Waals surface area contributed by atoms with E-state index in [1.54, 1.807) is 13.1 Å². The standard InChI is InChI=1S/C15H23N3O3/c1-3-4-18(10-15(19)17-2)9-11-7-13-14(8-12(11)16)21-6-5-20-13/h7-8H,3-6,9-10,16H2,1-2H3,(H,17,19). The van der Waals surface area contributed by atoms with Crippen LogP contribution in [0.5, 0.6) is 11.5 Å². The first-order valence-corrected chi connectivity index (χ1v) is 7.25. The lowest BCUT2D eigenvalue weighted by Gasteiger charge is -2.24. The number of likely N-dealkylation sites (N-methyl/N-ethyl adjacent to an activating group) is 1. The molecule has 6 nitrogen and oxygen atoms in total. The number of nitrogens with two attached hydrogens (primary N) is 1. The SMILES string of the molecule is CCCN(CC(=O)NC)Cc1cc2c(cc1N)OCCO2. The smallest absolute Gasteiger partial charge is 0.233 e. The second kappa shape index (κ2) is 7.17. The lowest BCUT2D eigenvalue weighted by molar-refractivity contribution is -0.121. The molecule has 0 fully saturated rings. The summed E-state index contributed by atoms with van der Waals surface area (Å²) in [7, 11) is 1.64. The van der Waals surface area contributed by atoms with Gasteiger partial charge in [-0.3, -0.25) is 9.69 Å². The summed E-state index contributed by atoms with van der Waals surface area (Å²) in [4.78, 5) is 13.6. The van der Waals surface area contributed by atoms with Gasteiger partial charge in [0.2, 0.25) is 5.91 Å². The van der Waals surface area contributed by atoms with Gasteiger partial charge < -0.3 is 20.5 Å². The van der Waals surface area contributed by atoms with Crippen molar-refractivity contribution in [2.45, 2.75) is 19.9 Å². The van der Waals surface area contributed by atoms with Crippen molar-refractivity contribution in [1.29, 1.82) is 0 Å². The quantitative estimate of drug-likeness (QED) is 0.765. The highest BCUT2D eigenvalue weighted by molar-refractivity contribution is 5.77. The van der Waals surface area contributed by atoms with Gasteiger partial charge in [0.05, 0.1) is 6.54 Å². The van der Waals surface area contributed by atoms with Gasteiger partial charge in [0.1, 0.15) is 13.2 Å².